The van der Waals surface area contributed by atoms with Gasteiger partial charge in [-0.1, -0.05) is 62.1 Å². The summed E-state index contributed by atoms with van der Waals surface area (Å²) in [5, 5.41) is 6.43. The van der Waals surface area contributed by atoms with Crippen LogP contribution in [0.1, 0.15) is 44.1 Å². The van der Waals surface area contributed by atoms with Crippen molar-refractivity contribution in [1.29, 1.82) is 0 Å². The second-order valence-corrected chi connectivity index (χ2v) is 5.75. The van der Waals surface area contributed by atoms with Crippen LogP contribution >= 0.6 is 0 Å². The molecule has 19 heavy (non-hydrogen) atoms. The Kier molecular flexibility index (Phi) is 4.14. The summed E-state index contributed by atoms with van der Waals surface area (Å²) in [5.74, 6) is 0. The summed E-state index contributed by atoms with van der Waals surface area (Å²) >= 11 is 0. The monoisotopic (exact) mass is 253 g/mol. The molecule has 0 saturated heterocycles. The van der Waals surface area contributed by atoms with Gasteiger partial charge in [0.25, 0.3) is 0 Å². The van der Waals surface area contributed by atoms with Crippen LogP contribution in [0, 0.1) is 0 Å². The first-order valence-corrected chi connectivity index (χ1v) is 7.63. The number of hydrogen-bond acceptors (Lipinski definition) is 1. The van der Waals surface area contributed by atoms with Crippen LogP contribution < -0.4 is 5.32 Å². The standard InChI is InChI=1S/C18H23N/c1-2-4-10-18(9-3-1)19-14-15-11-12-16-7-5-6-8-17(16)13-15/h5-8,11-13,18-19H,1-4,9-10,14H2. The number of rotatable bonds is 3. The lowest BCUT2D eigenvalue weighted by atomic mass is 10.1. The Morgan fingerprint density at radius 1 is 0.842 bits per heavy atom. The molecule has 1 aliphatic rings. The Morgan fingerprint density at radius 2 is 1.58 bits per heavy atom. The predicted octanol–water partition coefficient (Wildman–Crippen LogP) is 4.65. The van der Waals surface area contributed by atoms with Crippen molar-refractivity contribution in [2.45, 2.75) is 51.1 Å². The van der Waals surface area contributed by atoms with Gasteiger partial charge in [0.05, 0.1) is 0 Å². The highest BCUT2D eigenvalue weighted by atomic mass is 14.9. The molecule has 0 aliphatic heterocycles. The van der Waals surface area contributed by atoms with E-state index in [2.05, 4.69) is 47.8 Å². The van der Waals surface area contributed by atoms with Crippen LogP contribution in [0.2, 0.25) is 0 Å². The van der Waals surface area contributed by atoms with Gasteiger partial charge in [-0.15, -0.1) is 0 Å². The lowest BCUT2D eigenvalue weighted by Crippen LogP contribution is -2.27. The van der Waals surface area contributed by atoms with Crippen LogP contribution in [0.5, 0.6) is 0 Å². The van der Waals surface area contributed by atoms with Gasteiger partial charge in [-0.3, -0.25) is 0 Å². The third-order valence-electron chi connectivity index (χ3n) is 4.26. The molecular weight excluding hydrogens is 230 g/mol. The molecule has 0 bridgehead atoms. The molecule has 0 spiro atoms. The van der Waals surface area contributed by atoms with Crippen LogP contribution in [0.4, 0.5) is 0 Å². The molecule has 0 amide bonds. The van der Waals surface area contributed by atoms with Gasteiger partial charge in [0.15, 0.2) is 0 Å². The van der Waals surface area contributed by atoms with E-state index in [1.807, 2.05) is 0 Å². The zero-order valence-electron chi connectivity index (χ0n) is 11.6. The number of hydrogen-bond donors (Lipinski definition) is 1. The van der Waals surface area contributed by atoms with Gasteiger partial charge in [-0.05, 0) is 35.2 Å². The fourth-order valence-electron chi connectivity index (χ4n) is 3.09. The van der Waals surface area contributed by atoms with E-state index in [0.29, 0.717) is 0 Å². The first kappa shape index (κ1) is 12.7. The maximum absolute atomic E-state index is 3.74. The van der Waals surface area contributed by atoms with Gasteiger partial charge in [0.2, 0.25) is 0 Å². The zero-order chi connectivity index (χ0) is 12.9. The second-order valence-electron chi connectivity index (χ2n) is 5.75. The van der Waals surface area contributed by atoms with Crippen molar-refractivity contribution in [1.82, 2.24) is 5.32 Å². The molecule has 2 aromatic rings. The topological polar surface area (TPSA) is 12.0 Å². The molecule has 0 heterocycles. The van der Waals surface area contributed by atoms with Gasteiger partial charge in [-0.25, -0.2) is 0 Å². The summed E-state index contributed by atoms with van der Waals surface area (Å²) in [6.45, 7) is 1.01. The quantitative estimate of drug-likeness (QED) is 0.785. The van der Waals surface area contributed by atoms with Crippen LogP contribution in [-0.2, 0) is 6.54 Å². The summed E-state index contributed by atoms with van der Waals surface area (Å²) in [7, 11) is 0. The van der Waals surface area contributed by atoms with Crippen molar-refractivity contribution in [2.75, 3.05) is 0 Å². The van der Waals surface area contributed by atoms with Gasteiger partial charge in [0, 0.05) is 12.6 Å². The number of benzene rings is 2. The molecule has 0 unspecified atom stereocenters. The molecule has 100 valence electrons. The van der Waals surface area contributed by atoms with Gasteiger partial charge < -0.3 is 5.32 Å². The van der Waals surface area contributed by atoms with E-state index in [1.165, 1.54) is 54.9 Å². The van der Waals surface area contributed by atoms with Crippen molar-refractivity contribution in [3.8, 4) is 0 Å². The van der Waals surface area contributed by atoms with Gasteiger partial charge in [0.1, 0.15) is 0 Å². The van der Waals surface area contributed by atoms with Crippen molar-refractivity contribution in [3.05, 3.63) is 48.0 Å². The molecule has 1 fully saturated rings. The molecule has 1 N–H and O–H groups in total. The number of fused-ring (bicyclic) bond motifs is 1. The second kappa shape index (κ2) is 6.21. The number of nitrogens with one attached hydrogen (secondary N) is 1. The fraction of sp³-hybridized carbons (Fsp3) is 0.444. The van der Waals surface area contributed by atoms with E-state index in [1.54, 1.807) is 0 Å². The summed E-state index contributed by atoms with van der Waals surface area (Å²) in [5.41, 5.74) is 1.41. The Balaban J connectivity index is 1.64. The van der Waals surface area contributed by atoms with Crippen molar-refractivity contribution < 1.29 is 0 Å². The van der Waals surface area contributed by atoms with Crippen molar-refractivity contribution in [2.24, 2.45) is 0 Å². The molecule has 1 saturated carbocycles. The van der Waals surface area contributed by atoms with E-state index >= 15 is 0 Å². The fourth-order valence-corrected chi connectivity index (χ4v) is 3.09. The molecule has 1 aliphatic carbocycles. The Hall–Kier alpha value is -1.34. The van der Waals surface area contributed by atoms with E-state index in [4.69, 9.17) is 0 Å². The minimum Gasteiger partial charge on any atom is -0.310 e. The lowest BCUT2D eigenvalue weighted by molar-refractivity contribution is 0.459. The van der Waals surface area contributed by atoms with E-state index in [0.717, 1.165) is 12.6 Å². The molecule has 0 aromatic heterocycles. The Bertz CT molecular complexity index is 524. The van der Waals surface area contributed by atoms with Crippen molar-refractivity contribution in [3.63, 3.8) is 0 Å². The van der Waals surface area contributed by atoms with Gasteiger partial charge in [-0.2, -0.15) is 0 Å². The summed E-state index contributed by atoms with van der Waals surface area (Å²) in [4.78, 5) is 0. The van der Waals surface area contributed by atoms with Gasteiger partial charge >= 0.3 is 0 Å². The van der Waals surface area contributed by atoms with Crippen LogP contribution in [-0.4, -0.2) is 6.04 Å². The minimum absolute atomic E-state index is 0.731. The van der Waals surface area contributed by atoms with Crippen LogP contribution in [0.3, 0.4) is 0 Å². The van der Waals surface area contributed by atoms with E-state index < -0.39 is 0 Å². The highest BCUT2D eigenvalue weighted by Gasteiger charge is 2.11. The zero-order valence-corrected chi connectivity index (χ0v) is 11.6. The molecule has 0 radical (unpaired) electrons. The SMILES string of the molecule is c1ccc2cc(CNC3CCCCCC3)ccc2c1. The molecule has 2 aromatic carbocycles. The minimum atomic E-state index is 0.731. The largest absolute Gasteiger partial charge is 0.310 e. The first-order chi connectivity index (χ1) is 9.42. The van der Waals surface area contributed by atoms with Crippen LogP contribution in [0.15, 0.2) is 42.5 Å². The Labute approximate surface area is 116 Å². The molecular formula is C18H23N. The highest BCUT2D eigenvalue weighted by Crippen LogP contribution is 2.19. The summed E-state index contributed by atoms with van der Waals surface area (Å²) < 4.78 is 0. The lowest BCUT2D eigenvalue weighted by Gasteiger charge is -2.16. The third kappa shape index (κ3) is 3.36. The van der Waals surface area contributed by atoms with E-state index in [-0.39, 0.29) is 0 Å². The molecule has 3 rings (SSSR count). The average Bonchev–Trinajstić information content (AvgIpc) is 2.73. The van der Waals surface area contributed by atoms with Crippen molar-refractivity contribution >= 4 is 10.8 Å². The van der Waals surface area contributed by atoms with E-state index in [9.17, 15) is 0 Å². The normalized spacial score (nSPS) is 17.5. The maximum atomic E-state index is 3.74. The smallest absolute Gasteiger partial charge is 0.0208 e. The molecule has 1 heteroatoms. The summed E-state index contributed by atoms with van der Waals surface area (Å²) in [6.07, 6.45) is 8.36. The average molecular weight is 253 g/mol. The molecule has 1 nitrogen and oxygen atoms in total. The maximum Gasteiger partial charge on any atom is 0.0208 e. The third-order valence-corrected chi connectivity index (χ3v) is 4.26. The van der Waals surface area contributed by atoms with Crippen LogP contribution in [0.25, 0.3) is 10.8 Å². The Morgan fingerprint density at radius 3 is 2.37 bits per heavy atom. The highest BCUT2D eigenvalue weighted by molar-refractivity contribution is 5.82. The first-order valence-electron chi connectivity index (χ1n) is 7.63. The predicted molar refractivity (Wildman–Crippen MR) is 82.3 cm³/mol. The molecule has 0 atom stereocenters. The summed E-state index contributed by atoms with van der Waals surface area (Å²) in [6, 6.07) is 16.1.